The van der Waals surface area contributed by atoms with Crippen LogP contribution in [0.15, 0.2) is 30.3 Å². The molecule has 2 rings (SSSR count). The van der Waals surface area contributed by atoms with Gasteiger partial charge in [0.25, 0.3) is 0 Å². The number of benzene rings is 1. The molecular formula is C17H28N2. The molecule has 0 aliphatic carbocycles. The van der Waals surface area contributed by atoms with E-state index in [9.17, 15) is 0 Å². The molecule has 1 heterocycles. The Morgan fingerprint density at radius 1 is 1.26 bits per heavy atom. The zero-order valence-electron chi connectivity index (χ0n) is 12.2. The first-order chi connectivity index (χ1) is 9.29. The number of likely N-dealkylation sites (tertiary alicyclic amines) is 1. The van der Waals surface area contributed by atoms with Crippen LogP contribution in [0.3, 0.4) is 0 Å². The molecule has 106 valence electrons. The topological polar surface area (TPSA) is 29.3 Å². The first-order valence-corrected chi connectivity index (χ1v) is 7.81. The Morgan fingerprint density at radius 3 is 2.79 bits per heavy atom. The number of rotatable bonds is 6. The zero-order chi connectivity index (χ0) is 13.5. The van der Waals surface area contributed by atoms with E-state index in [0.717, 1.165) is 6.42 Å². The normalized spacial score (nSPS) is 24.5. The summed E-state index contributed by atoms with van der Waals surface area (Å²) in [6.07, 6.45) is 6.25. The van der Waals surface area contributed by atoms with E-state index in [4.69, 9.17) is 5.73 Å². The van der Waals surface area contributed by atoms with Crippen molar-refractivity contribution in [1.29, 1.82) is 0 Å². The maximum absolute atomic E-state index is 6.26. The third-order valence-electron chi connectivity index (χ3n) is 4.36. The molecule has 2 atom stereocenters. The molecule has 1 fully saturated rings. The lowest BCUT2D eigenvalue weighted by atomic mass is 9.88. The molecule has 2 nitrogen and oxygen atoms in total. The molecule has 1 aliphatic heterocycles. The van der Waals surface area contributed by atoms with Gasteiger partial charge in [-0.2, -0.15) is 0 Å². The Labute approximate surface area is 118 Å². The first kappa shape index (κ1) is 14.5. The largest absolute Gasteiger partial charge is 0.327 e. The highest BCUT2D eigenvalue weighted by molar-refractivity contribution is 5.14. The standard InChI is InChI=1S/C17H28N2/c1-2-3-9-16-14-19(13-11-17(16)18)12-10-15-7-5-4-6-8-15/h4-8,16-17H,2-3,9-14,18H2,1H3/t16-,17-/m1/s1. The molecule has 2 N–H and O–H groups in total. The van der Waals surface area contributed by atoms with Crippen LogP contribution in [0.25, 0.3) is 0 Å². The fraction of sp³-hybridized carbons (Fsp3) is 0.647. The molecule has 0 aromatic heterocycles. The fourth-order valence-corrected chi connectivity index (χ4v) is 3.03. The van der Waals surface area contributed by atoms with Crippen molar-refractivity contribution in [2.24, 2.45) is 11.7 Å². The molecule has 0 unspecified atom stereocenters. The monoisotopic (exact) mass is 260 g/mol. The summed E-state index contributed by atoms with van der Waals surface area (Å²) >= 11 is 0. The third-order valence-corrected chi connectivity index (χ3v) is 4.36. The fourth-order valence-electron chi connectivity index (χ4n) is 3.03. The average Bonchev–Trinajstić information content (AvgIpc) is 2.46. The maximum Gasteiger partial charge on any atom is 0.00915 e. The smallest absolute Gasteiger partial charge is 0.00915 e. The van der Waals surface area contributed by atoms with Crippen molar-refractivity contribution >= 4 is 0 Å². The van der Waals surface area contributed by atoms with Crippen molar-refractivity contribution in [2.45, 2.75) is 45.1 Å². The molecular weight excluding hydrogens is 232 g/mol. The molecule has 1 aliphatic rings. The van der Waals surface area contributed by atoms with Crippen molar-refractivity contribution in [1.82, 2.24) is 4.90 Å². The van der Waals surface area contributed by atoms with Crippen LogP contribution in [0, 0.1) is 5.92 Å². The van der Waals surface area contributed by atoms with E-state index in [2.05, 4.69) is 42.2 Å². The van der Waals surface area contributed by atoms with E-state index in [-0.39, 0.29) is 0 Å². The second-order valence-corrected chi connectivity index (χ2v) is 5.89. The summed E-state index contributed by atoms with van der Waals surface area (Å²) in [5, 5.41) is 0. The summed E-state index contributed by atoms with van der Waals surface area (Å²) in [5.74, 6) is 0.712. The van der Waals surface area contributed by atoms with E-state index in [1.807, 2.05) is 0 Å². The van der Waals surface area contributed by atoms with Crippen LogP contribution in [-0.2, 0) is 6.42 Å². The zero-order valence-corrected chi connectivity index (χ0v) is 12.2. The van der Waals surface area contributed by atoms with Crippen molar-refractivity contribution in [3.05, 3.63) is 35.9 Å². The van der Waals surface area contributed by atoms with E-state index in [1.54, 1.807) is 0 Å². The average molecular weight is 260 g/mol. The number of nitrogens with zero attached hydrogens (tertiary/aromatic N) is 1. The van der Waals surface area contributed by atoms with Crippen LogP contribution in [0.1, 0.15) is 38.2 Å². The molecule has 1 aromatic rings. The van der Waals surface area contributed by atoms with Crippen molar-refractivity contribution in [2.75, 3.05) is 19.6 Å². The van der Waals surface area contributed by atoms with Gasteiger partial charge in [-0.05, 0) is 37.3 Å². The van der Waals surface area contributed by atoms with Crippen LogP contribution in [0.4, 0.5) is 0 Å². The molecule has 19 heavy (non-hydrogen) atoms. The van der Waals surface area contributed by atoms with Crippen LogP contribution < -0.4 is 5.73 Å². The Morgan fingerprint density at radius 2 is 2.05 bits per heavy atom. The number of unbranched alkanes of at least 4 members (excludes halogenated alkanes) is 1. The molecule has 0 spiro atoms. The predicted octanol–water partition coefficient (Wildman–Crippen LogP) is 3.07. The van der Waals surface area contributed by atoms with Crippen molar-refractivity contribution in [3.63, 3.8) is 0 Å². The van der Waals surface area contributed by atoms with E-state index < -0.39 is 0 Å². The molecule has 1 saturated heterocycles. The molecule has 0 bridgehead atoms. The van der Waals surface area contributed by atoms with Gasteiger partial charge in [0.2, 0.25) is 0 Å². The van der Waals surface area contributed by atoms with Gasteiger partial charge >= 0.3 is 0 Å². The highest BCUT2D eigenvalue weighted by Crippen LogP contribution is 2.21. The summed E-state index contributed by atoms with van der Waals surface area (Å²) in [6.45, 7) is 5.82. The minimum Gasteiger partial charge on any atom is -0.327 e. The van der Waals surface area contributed by atoms with E-state index in [1.165, 1.54) is 50.9 Å². The van der Waals surface area contributed by atoms with Gasteiger partial charge in [-0.15, -0.1) is 0 Å². The Kier molecular flexibility index (Phi) is 5.87. The molecule has 1 aromatic carbocycles. The highest BCUT2D eigenvalue weighted by Gasteiger charge is 2.25. The molecule has 2 heteroatoms. The van der Waals surface area contributed by atoms with Crippen LogP contribution >= 0.6 is 0 Å². The summed E-state index contributed by atoms with van der Waals surface area (Å²) in [6, 6.07) is 11.2. The Balaban J connectivity index is 1.78. The summed E-state index contributed by atoms with van der Waals surface area (Å²) in [7, 11) is 0. The third kappa shape index (κ3) is 4.63. The SMILES string of the molecule is CCCC[C@@H]1CN(CCc2ccccc2)CC[C@H]1N. The van der Waals surface area contributed by atoms with Crippen molar-refractivity contribution in [3.8, 4) is 0 Å². The van der Waals surface area contributed by atoms with Gasteiger partial charge in [-0.1, -0.05) is 50.1 Å². The second kappa shape index (κ2) is 7.66. The van der Waals surface area contributed by atoms with Gasteiger partial charge in [0.05, 0.1) is 0 Å². The lowest BCUT2D eigenvalue weighted by Crippen LogP contribution is -2.47. The minimum absolute atomic E-state index is 0.430. The quantitative estimate of drug-likeness (QED) is 0.851. The number of hydrogen-bond acceptors (Lipinski definition) is 2. The minimum atomic E-state index is 0.430. The van der Waals surface area contributed by atoms with E-state index in [0.29, 0.717) is 12.0 Å². The number of piperidine rings is 1. The van der Waals surface area contributed by atoms with Gasteiger partial charge in [-0.25, -0.2) is 0 Å². The second-order valence-electron chi connectivity index (χ2n) is 5.89. The first-order valence-electron chi connectivity index (χ1n) is 7.81. The van der Waals surface area contributed by atoms with Gasteiger partial charge in [0.15, 0.2) is 0 Å². The Hall–Kier alpha value is -0.860. The summed E-state index contributed by atoms with van der Waals surface area (Å²) < 4.78 is 0. The number of hydrogen-bond donors (Lipinski definition) is 1. The Bertz CT molecular complexity index is 350. The van der Waals surface area contributed by atoms with Crippen LogP contribution in [0.5, 0.6) is 0 Å². The maximum atomic E-state index is 6.26. The predicted molar refractivity (Wildman–Crippen MR) is 82.2 cm³/mol. The van der Waals surface area contributed by atoms with E-state index >= 15 is 0 Å². The number of nitrogens with two attached hydrogens (primary N) is 1. The van der Waals surface area contributed by atoms with Crippen LogP contribution in [-0.4, -0.2) is 30.6 Å². The summed E-state index contributed by atoms with van der Waals surface area (Å²) in [4.78, 5) is 2.61. The van der Waals surface area contributed by atoms with Gasteiger partial charge in [0, 0.05) is 19.1 Å². The summed E-state index contributed by atoms with van der Waals surface area (Å²) in [5.41, 5.74) is 7.71. The highest BCUT2D eigenvalue weighted by atomic mass is 15.1. The lowest BCUT2D eigenvalue weighted by molar-refractivity contribution is 0.148. The van der Waals surface area contributed by atoms with Crippen molar-refractivity contribution < 1.29 is 0 Å². The van der Waals surface area contributed by atoms with Crippen LogP contribution in [0.2, 0.25) is 0 Å². The van der Waals surface area contributed by atoms with Gasteiger partial charge < -0.3 is 10.6 Å². The molecule has 0 saturated carbocycles. The molecule has 0 radical (unpaired) electrons. The van der Waals surface area contributed by atoms with Gasteiger partial charge in [-0.3, -0.25) is 0 Å². The lowest BCUT2D eigenvalue weighted by Gasteiger charge is -2.37. The van der Waals surface area contributed by atoms with Gasteiger partial charge in [0.1, 0.15) is 0 Å². The molecule has 0 amide bonds.